The molecule has 82 valence electrons. The summed E-state index contributed by atoms with van der Waals surface area (Å²) in [6.07, 6.45) is 5.57. The quantitative estimate of drug-likeness (QED) is 0.746. The predicted molar refractivity (Wildman–Crippen MR) is 60.2 cm³/mol. The Hall–Kier alpha value is -0.0800. The Labute approximate surface area is 87.8 Å². The van der Waals surface area contributed by atoms with E-state index in [1.54, 1.807) is 0 Å². The maximum absolute atomic E-state index is 5.89. The maximum atomic E-state index is 5.89. The first kappa shape index (κ1) is 10.4. The van der Waals surface area contributed by atoms with Gasteiger partial charge in [0.05, 0.1) is 0 Å². The van der Waals surface area contributed by atoms with Crippen molar-refractivity contribution in [2.75, 3.05) is 19.6 Å². The van der Waals surface area contributed by atoms with Gasteiger partial charge in [0, 0.05) is 19.1 Å². The largest absolute Gasteiger partial charge is 0.329 e. The van der Waals surface area contributed by atoms with E-state index < -0.39 is 0 Å². The van der Waals surface area contributed by atoms with Gasteiger partial charge in [0.1, 0.15) is 0 Å². The van der Waals surface area contributed by atoms with E-state index in [0.717, 1.165) is 12.5 Å². The Kier molecular flexibility index (Phi) is 2.85. The van der Waals surface area contributed by atoms with Crippen molar-refractivity contribution in [2.24, 2.45) is 17.1 Å². The van der Waals surface area contributed by atoms with Crippen LogP contribution in [0.5, 0.6) is 0 Å². The van der Waals surface area contributed by atoms with Crippen LogP contribution in [0.2, 0.25) is 0 Å². The lowest BCUT2D eigenvalue weighted by molar-refractivity contribution is 0.0720. The van der Waals surface area contributed by atoms with Crippen LogP contribution in [0.1, 0.15) is 39.5 Å². The van der Waals surface area contributed by atoms with Gasteiger partial charge in [0.2, 0.25) is 0 Å². The summed E-state index contributed by atoms with van der Waals surface area (Å²) in [4.78, 5) is 2.65. The van der Waals surface area contributed by atoms with Gasteiger partial charge in [-0.2, -0.15) is 0 Å². The van der Waals surface area contributed by atoms with Crippen LogP contribution in [0, 0.1) is 11.3 Å². The molecule has 0 bridgehead atoms. The van der Waals surface area contributed by atoms with Gasteiger partial charge in [-0.25, -0.2) is 0 Å². The minimum atomic E-state index is 0.514. The predicted octanol–water partition coefficient (Wildman–Crippen LogP) is 1.85. The Morgan fingerprint density at radius 2 is 2.14 bits per heavy atom. The third-order valence-electron chi connectivity index (χ3n) is 3.81. The van der Waals surface area contributed by atoms with Crippen LogP contribution in [-0.2, 0) is 0 Å². The zero-order valence-corrected chi connectivity index (χ0v) is 9.63. The molecule has 1 aliphatic heterocycles. The number of nitrogens with zero attached hydrogens (tertiary/aromatic N) is 1. The van der Waals surface area contributed by atoms with Gasteiger partial charge in [-0.05, 0) is 43.6 Å². The Morgan fingerprint density at radius 3 is 2.64 bits per heavy atom. The molecule has 0 aromatic carbocycles. The van der Waals surface area contributed by atoms with Crippen LogP contribution in [0.3, 0.4) is 0 Å². The Bertz CT molecular complexity index is 196. The van der Waals surface area contributed by atoms with E-state index >= 15 is 0 Å². The van der Waals surface area contributed by atoms with Gasteiger partial charge in [-0.3, -0.25) is 4.90 Å². The van der Waals surface area contributed by atoms with Crippen molar-refractivity contribution in [1.29, 1.82) is 0 Å². The summed E-state index contributed by atoms with van der Waals surface area (Å²) in [5.41, 5.74) is 6.41. The van der Waals surface area contributed by atoms with Crippen molar-refractivity contribution >= 4 is 0 Å². The molecule has 1 saturated heterocycles. The molecule has 1 atom stereocenters. The molecule has 1 saturated carbocycles. The van der Waals surface area contributed by atoms with E-state index in [4.69, 9.17) is 5.73 Å². The van der Waals surface area contributed by atoms with Gasteiger partial charge in [-0.15, -0.1) is 0 Å². The molecule has 1 unspecified atom stereocenters. The summed E-state index contributed by atoms with van der Waals surface area (Å²) in [6, 6.07) is 0.689. The molecule has 2 rings (SSSR count). The lowest BCUT2D eigenvalue weighted by atomic mass is 9.83. The highest BCUT2D eigenvalue weighted by atomic mass is 15.2. The number of hydrogen-bond donors (Lipinski definition) is 1. The molecule has 0 amide bonds. The molecule has 2 nitrogen and oxygen atoms in total. The highest BCUT2D eigenvalue weighted by Gasteiger charge is 2.37. The fraction of sp³-hybridized carbons (Fsp3) is 1.00. The van der Waals surface area contributed by atoms with Crippen LogP contribution < -0.4 is 5.73 Å². The second-order valence-electron chi connectivity index (χ2n) is 5.88. The lowest BCUT2D eigenvalue weighted by Crippen LogP contribution is -2.49. The summed E-state index contributed by atoms with van der Waals surface area (Å²) in [5, 5.41) is 0. The smallest absolute Gasteiger partial charge is 0.0246 e. The lowest BCUT2D eigenvalue weighted by Gasteiger charge is -2.42. The van der Waals surface area contributed by atoms with Crippen molar-refractivity contribution in [3.8, 4) is 0 Å². The minimum Gasteiger partial charge on any atom is -0.329 e. The molecule has 2 aliphatic rings. The number of hydrogen-bond acceptors (Lipinski definition) is 2. The van der Waals surface area contributed by atoms with Crippen molar-refractivity contribution < 1.29 is 0 Å². The summed E-state index contributed by atoms with van der Waals surface area (Å²) in [5.74, 6) is 0.925. The molecule has 1 aliphatic carbocycles. The maximum Gasteiger partial charge on any atom is 0.0246 e. The fourth-order valence-electron chi connectivity index (χ4n) is 2.87. The van der Waals surface area contributed by atoms with E-state index in [9.17, 15) is 0 Å². The minimum absolute atomic E-state index is 0.514. The Morgan fingerprint density at radius 1 is 1.43 bits per heavy atom. The second-order valence-corrected chi connectivity index (χ2v) is 5.88. The molecule has 2 fully saturated rings. The van der Waals surface area contributed by atoms with Crippen LogP contribution in [0.4, 0.5) is 0 Å². The molecule has 2 N–H and O–H groups in total. The molecule has 1 heterocycles. The van der Waals surface area contributed by atoms with Gasteiger partial charge in [0.25, 0.3) is 0 Å². The third kappa shape index (κ3) is 2.29. The highest BCUT2D eigenvalue weighted by Crippen LogP contribution is 2.38. The van der Waals surface area contributed by atoms with Crippen LogP contribution in [-0.4, -0.2) is 30.6 Å². The van der Waals surface area contributed by atoms with Crippen LogP contribution >= 0.6 is 0 Å². The van der Waals surface area contributed by atoms with E-state index in [0.29, 0.717) is 11.5 Å². The molecule has 0 aromatic heterocycles. The third-order valence-corrected chi connectivity index (χ3v) is 3.81. The first-order chi connectivity index (χ1) is 6.62. The zero-order chi connectivity index (χ0) is 10.2. The summed E-state index contributed by atoms with van der Waals surface area (Å²) in [7, 11) is 0. The second kappa shape index (κ2) is 3.82. The summed E-state index contributed by atoms with van der Waals surface area (Å²) >= 11 is 0. The van der Waals surface area contributed by atoms with Crippen molar-refractivity contribution in [3.63, 3.8) is 0 Å². The van der Waals surface area contributed by atoms with E-state index in [1.807, 2.05) is 0 Å². The average molecular weight is 196 g/mol. The summed E-state index contributed by atoms with van der Waals surface area (Å²) < 4.78 is 0. The van der Waals surface area contributed by atoms with Gasteiger partial charge >= 0.3 is 0 Å². The van der Waals surface area contributed by atoms with Gasteiger partial charge < -0.3 is 5.73 Å². The van der Waals surface area contributed by atoms with E-state index in [2.05, 4.69) is 18.7 Å². The van der Waals surface area contributed by atoms with Gasteiger partial charge in [0.15, 0.2) is 0 Å². The standard InChI is InChI=1S/C12H24N2/c1-12(2)6-3-7-14(9-12)11(8-13)10-4-5-10/h10-11H,3-9,13H2,1-2H3. The van der Waals surface area contributed by atoms with Crippen molar-refractivity contribution in [1.82, 2.24) is 4.90 Å². The zero-order valence-electron chi connectivity index (χ0n) is 9.63. The average Bonchev–Trinajstić information content (AvgIpc) is 2.88. The monoisotopic (exact) mass is 196 g/mol. The molecular formula is C12H24N2. The van der Waals surface area contributed by atoms with Crippen molar-refractivity contribution in [2.45, 2.75) is 45.6 Å². The van der Waals surface area contributed by atoms with Gasteiger partial charge in [-0.1, -0.05) is 13.8 Å². The molecule has 2 heteroatoms. The number of piperidine rings is 1. The van der Waals surface area contributed by atoms with Crippen LogP contribution in [0.15, 0.2) is 0 Å². The molecule has 0 radical (unpaired) electrons. The Balaban J connectivity index is 1.94. The SMILES string of the molecule is CC1(C)CCCN(C(CN)C2CC2)C1. The van der Waals surface area contributed by atoms with Crippen molar-refractivity contribution in [3.05, 3.63) is 0 Å². The molecule has 14 heavy (non-hydrogen) atoms. The molecular weight excluding hydrogens is 172 g/mol. The first-order valence-corrected chi connectivity index (χ1v) is 6.06. The highest BCUT2D eigenvalue weighted by molar-refractivity contribution is 4.92. The number of rotatable bonds is 3. The number of nitrogens with two attached hydrogens (primary N) is 1. The number of likely N-dealkylation sites (tertiary alicyclic amines) is 1. The van der Waals surface area contributed by atoms with Crippen LogP contribution in [0.25, 0.3) is 0 Å². The molecule has 0 spiro atoms. The molecule has 0 aromatic rings. The topological polar surface area (TPSA) is 29.3 Å². The first-order valence-electron chi connectivity index (χ1n) is 6.06. The summed E-state index contributed by atoms with van der Waals surface area (Å²) in [6.45, 7) is 8.17. The van der Waals surface area contributed by atoms with E-state index in [1.165, 1.54) is 38.8 Å². The fourth-order valence-corrected chi connectivity index (χ4v) is 2.87. The van der Waals surface area contributed by atoms with E-state index in [-0.39, 0.29) is 0 Å². The normalized spacial score (nSPS) is 30.2.